The molecule has 2 aliphatic carbocycles. The van der Waals surface area contributed by atoms with Crippen LogP contribution in [0.25, 0.3) is 0 Å². The van der Waals surface area contributed by atoms with Crippen molar-refractivity contribution in [2.75, 3.05) is 6.54 Å². The molecule has 0 radical (unpaired) electrons. The van der Waals surface area contributed by atoms with Crippen LogP contribution in [-0.4, -0.2) is 23.5 Å². The number of aliphatic carboxylic acids is 1. The molecule has 2 N–H and O–H groups in total. The predicted octanol–water partition coefficient (Wildman–Crippen LogP) is 5.49. The molecular weight excluding hydrogens is 398 g/mol. The van der Waals surface area contributed by atoms with Crippen LogP contribution in [0.5, 0.6) is 0 Å². The smallest absolute Gasteiger partial charge is 0.303 e. The number of amides is 1. The summed E-state index contributed by atoms with van der Waals surface area (Å²) in [7, 11) is 0. The summed E-state index contributed by atoms with van der Waals surface area (Å²) in [5.41, 5.74) is 1.22. The summed E-state index contributed by atoms with van der Waals surface area (Å²) in [5.74, 6) is 1.27. The van der Waals surface area contributed by atoms with E-state index in [9.17, 15) is 9.59 Å². The molecule has 2 aliphatic rings. The second-order valence-electron chi connectivity index (χ2n) is 8.78. The first kappa shape index (κ1) is 23.8. The van der Waals surface area contributed by atoms with Gasteiger partial charge >= 0.3 is 5.97 Å². The highest BCUT2D eigenvalue weighted by atomic mass is 16.4. The Morgan fingerprint density at radius 3 is 2.72 bits per heavy atom. The largest absolute Gasteiger partial charge is 0.481 e. The van der Waals surface area contributed by atoms with E-state index >= 15 is 0 Å². The lowest BCUT2D eigenvalue weighted by Gasteiger charge is -2.33. The Morgan fingerprint density at radius 2 is 1.91 bits per heavy atom. The molecule has 4 heteroatoms. The number of fused-ring (bicyclic) bond motifs is 1. The Hall–Kier alpha value is -2.88. The van der Waals surface area contributed by atoms with Gasteiger partial charge in [0.25, 0.3) is 0 Å². The first-order chi connectivity index (χ1) is 15.6. The number of hydrogen-bond acceptors (Lipinski definition) is 2. The monoisotopic (exact) mass is 433 g/mol. The summed E-state index contributed by atoms with van der Waals surface area (Å²) in [6.07, 6.45) is 23.1. The third-order valence-corrected chi connectivity index (χ3v) is 6.51. The maximum atomic E-state index is 12.1. The van der Waals surface area contributed by atoms with Gasteiger partial charge in [-0.2, -0.15) is 0 Å². The molecule has 4 nitrogen and oxygen atoms in total. The van der Waals surface area contributed by atoms with Gasteiger partial charge in [0.1, 0.15) is 0 Å². The summed E-state index contributed by atoms with van der Waals surface area (Å²) in [4.78, 5) is 22.8. The zero-order valence-corrected chi connectivity index (χ0v) is 18.7. The standard InChI is InChI=1S/C28H35NO3/c30-27(29-21-20-22-10-3-1-4-11-22)16-8-7-14-25-23(12-5-2-6-17-28(31)32)18-19-24-13-9-15-26(24)25/h1,3-5,7-8,10-12,14,16,18-19,23-26H,2,6,9,13,15,17,20-21H2,(H,29,30)(H,31,32)/b12-5+,14-7+,16-8+/t23-,24+,25+,26-/m1/s1. The zero-order valence-electron chi connectivity index (χ0n) is 18.7. The van der Waals surface area contributed by atoms with Crippen molar-refractivity contribution < 1.29 is 14.7 Å². The summed E-state index contributed by atoms with van der Waals surface area (Å²) in [6.45, 7) is 0.628. The lowest BCUT2D eigenvalue weighted by molar-refractivity contribution is -0.137. The van der Waals surface area contributed by atoms with Crippen LogP contribution >= 0.6 is 0 Å². The number of unbranched alkanes of at least 4 members (excludes halogenated alkanes) is 1. The number of rotatable bonds is 11. The highest BCUT2D eigenvalue weighted by Gasteiger charge is 2.36. The second-order valence-corrected chi connectivity index (χ2v) is 8.78. The second kappa shape index (κ2) is 12.8. The molecule has 1 aromatic rings. The van der Waals surface area contributed by atoms with Gasteiger partial charge in [0.2, 0.25) is 5.91 Å². The Kier molecular flexibility index (Phi) is 9.55. The molecule has 0 bridgehead atoms. The minimum Gasteiger partial charge on any atom is -0.481 e. The molecule has 1 saturated carbocycles. The van der Waals surface area contributed by atoms with E-state index in [4.69, 9.17) is 5.11 Å². The predicted molar refractivity (Wildman–Crippen MR) is 129 cm³/mol. The molecule has 32 heavy (non-hydrogen) atoms. The van der Waals surface area contributed by atoms with Crippen molar-refractivity contribution >= 4 is 11.9 Å². The van der Waals surface area contributed by atoms with Gasteiger partial charge in [0.05, 0.1) is 0 Å². The van der Waals surface area contributed by atoms with Gasteiger partial charge < -0.3 is 10.4 Å². The molecule has 0 heterocycles. The van der Waals surface area contributed by atoms with Gasteiger partial charge in [-0.3, -0.25) is 9.59 Å². The molecule has 0 spiro atoms. The molecule has 1 aromatic carbocycles. The molecule has 0 unspecified atom stereocenters. The van der Waals surface area contributed by atoms with Crippen LogP contribution in [0.15, 0.2) is 78.9 Å². The summed E-state index contributed by atoms with van der Waals surface area (Å²) in [6, 6.07) is 10.1. The first-order valence-electron chi connectivity index (χ1n) is 11.9. The first-order valence-corrected chi connectivity index (χ1v) is 11.9. The number of allylic oxidation sites excluding steroid dienone is 7. The lowest BCUT2D eigenvalue weighted by Crippen LogP contribution is -2.26. The van der Waals surface area contributed by atoms with Crippen LogP contribution in [0.4, 0.5) is 0 Å². The molecule has 0 aromatic heterocycles. The van der Waals surface area contributed by atoms with Crippen LogP contribution < -0.4 is 5.32 Å². The molecule has 1 amide bonds. The highest BCUT2D eigenvalue weighted by molar-refractivity contribution is 5.87. The van der Waals surface area contributed by atoms with E-state index in [0.29, 0.717) is 36.6 Å². The van der Waals surface area contributed by atoms with Crippen LogP contribution in [0.3, 0.4) is 0 Å². The van der Waals surface area contributed by atoms with E-state index in [0.717, 1.165) is 12.8 Å². The van der Waals surface area contributed by atoms with E-state index in [1.807, 2.05) is 30.4 Å². The van der Waals surface area contributed by atoms with Crippen molar-refractivity contribution in [1.82, 2.24) is 5.32 Å². The molecule has 3 rings (SSSR count). The van der Waals surface area contributed by atoms with E-state index in [2.05, 4.69) is 47.8 Å². The number of carbonyl (C=O) groups excluding carboxylic acids is 1. The Balaban J connectivity index is 1.49. The van der Waals surface area contributed by atoms with Crippen LogP contribution in [0, 0.1) is 23.7 Å². The van der Waals surface area contributed by atoms with E-state index < -0.39 is 5.97 Å². The highest BCUT2D eigenvalue weighted by Crippen LogP contribution is 2.45. The fourth-order valence-electron chi connectivity index (χ4n) is 4.88. The van der Waals surface area contributed by atoms with Gasteiger partial charge in [-0.25, -0.2) is 0 Å². The van der Waals surface area contributed by atoms with Crippen LogP contribution in [0.1, 0.15) is 44.1 Å². The van der Waals surface area contributed by atoms with E-state index in [1.54, 1.807) is 6.08 Å². The van der Waals surface area contributed by atoms with Crippen molar-refractivity contribution in [3.8, 4) is 0 Å². The number of carboxylic acids is 1. The van der Waals surface area contributed by atoms with Crippen molar-refractivity contribution in [1.29, 1.82) is 0 Å². The fraction of sp³-hybridized carbons (Fsp3) is 0.429. The van der Waals surface area contributed by atoms with Crippen LogP contribution in [0.2, 0.25) is 0 Å². The van der Waals surface area contributed by atoms with Gasteiger partial charge in [-0.1, -0.05) is 79.3 Å². The van der Waals surface area contributed by atoms with Crippen molar-refractivity contribution in [3.05, 3.63) is 84.5 Å². The normalized spacial score (nSPS) is 25.0. The summed E-state index contributed by atoms with van der Waals surface area (Å²) >= 11 is 0. The van der Waals surface area contributed by atoms with Crippen LogP contribution in [-0.2, 0) is 16.0 Å². The van der Waals surface area contributed by atoms with Crippen molar-refractivity contribution in [2.24, 2.45) is 23.7 Å². The van der Waals surface area contributed by atoms with Crippen molar-refractivity contribution in [3.63, 3.8) is 0 Å². The number of nitrogens with one attached hydrogen (secondary N) is 1. The maximum absolute atomic E-state index is 12.1. The van der Waals surface area contributed by atoms with Gasteiger partial charge in [0, 0.05) is 25.0 Å². The van der Waals surface area contributed by atoms with Gasteiger partial charge in [0.15, 0.2) is 0 Å². The maximum Gasteiger partial charge on any atom is 0.303 e. The average Bonchev–Trinajstić information content (AvgIpc) is 3.27. The quantitative estimate of drug-likeness (QED) is 0.210. The summed E-state index contributed by atoms with van der Waals surface area (Å²) in [5, 5.41) is 11.7. The molecule has 170 valence electrons. The minimum absolute atomic E-state index is 0.0669. The Morgan fingerprint density at radius 1 is 1.06 bits per heavy atom. The van der Waals surface area contributed by atoms with Crippen molar-refractivity contribution in [2.45, 2.75) is 44.9 Å². The molecule has 0 saturated heterocycles. The Bertz CT molecular complexity index is 853. The number of hydrogen-bond donors (Lipinski definition) is 2. The lowest BCUT2D eigenvalue weighted by atomic mass is 9.71. The number of benzene rings is 1. The van der Waals surface area contributed by atoms with Gasteiger partial charge in [-0.15, -0.1) is 0 Å². The average molecular weight is 434 g/mol. The molecule has 4 atom stereocenters. The summed E-state index contributed by atoms with van der Waals surface area (Å²) < 4.78 is 0. The number of carbonyl (C=O) groups is 2. The third-order valence-electron chi connectivity index (χ3n) is 6.51. The van der Waals surface area contributed by atoms with E-state index in [-0.39, 0.29) is 12.3 Å². The zero-order chi connectivity index (χ0) is 22.6. The Labute approximate surface area is 191 Å². The minimum atomic E-state index is -0.735. The fourth-order valence-corrected chi connectivity index (χ4v) is 4.88. The molecular formula is C28H35NO3. The number of carboxylic acid groups (broad SMARTS) is 1. The van der Waals surface area contributed by atoms with E-state index in [1.165, 1.54) is 24.8 Å². The SMILES string of the molecule is O=C(O)CCC/C=C/[C@@H]1C=C[C@@H]2CCC[C@H]2[C@H]1/C=C/C=C/C(=O)NCCc1ccccc1. The third kappa shape index (κ3) is 7.67. The topological polar surface area (TPSA) is 66.4 Å². The molecule has 0 aliphatic heterocycles. The van der Waals surface area contributed by atoms with Gasteiger partial charge in [-0.05, 0) is 55.4 Å². The molecule has 1 fully saturated rings.